The molecule has 0 bridgehead atoms. The number of hydrogen-bond donors (Lipinski definition) is 1. The van der Waals surface area contributed by atoms with Crippen LogP contribution in [0.15, 0.2) is 16.9 Å². The third-order valence-electron chi connectivity index (χ3n) is 3.03. The summed E-state index contributed by atoms with van der Waals surface area (Å²) in [6, 6.07) is 0.146. The molecule has 0 spiro atoms. The van der Waals surface area contributed by atoms with Crippen molar-refractivity contribution in [2.75, 3.05) is 18.4 Å². The Balaban J connectivity index is 1.91. The van der Waals surface area contributed by atoms with Crippen LogP contribution in [0.2, 0.25) is 0 Å². The van der Waals surface area contributed by atoms with Gasteiger partial charge in [-0.15, -0.1) is 0 Å². The van der Waals surface area contributed by atoms with E-state index < -0.39 is 5.60 Å². The number of nitrogens with one attached hydrogen (secondary N) is 1. The molecule has 0 radical (unpaired) electrons. The molecule has 1 aliphatic heterocycles. The number of anilines is 1. The molecule has 1 amide bonds. The summed E-state index contributed by atoms with van der Waals surface area (Å²) in [4.78, 5) is 22.2. The largest absolute Gasteiger partial charge is 0.444 e. The van der Waals surface area contributed by atoms with Crippen molar-refractivity contribution in [1.82, 2.24) is 14.9 Å². The molecule has 1 aromatic rings. The number of halogens is 1. The molecule has 0 unspecified atom stereocenters. The molecule has 116 valence electrons. The first-order valence-electron chi connectivity index (χ1n) is 7.05. The lowest BCUT2D eigenvalue weighted by molar-refractivity contribution is 0.0206. The molecular formula is C14H21BrN4O2. The second-order valence-electron chi connectivity index (χ2n) is 6.13. The maximum absolute atomic E-state index is 12.1. The van der Waals surface area contributed by atoms with Crippen molar-refractivity contribution in [1.29, 1.82) is 0 Å². The number of ether oxygens (including phenoxy) is 1. The maximum Gasteiger partial charge on any atom is 0.410 e. The van der Waals surface area contributed by atoms with Crippen LogP contribution < -0.4 is 5.32 Å². The molecule has 0 aromatic carbocycles. The summed E-state index contributed by atoms with van der Waals surface area (Å²) in [5.74, 6) is 0.578. The Kier molecular flexibility index (Phi) is 5.03. The lowest BCUT2D eigenvalue weighted by Gasteiger charge is -2.34. The quantitative estimate of drug-likeness (QED) is 0.881. The third-order valence-corrected chi connectivity index (χ3v) is 3.44. The number of hydrogen-bond acceptors (Lipinski definition) is 5. The fraction of sp³-hybridized carbons (Fsp3) is 0.643. The van der Waals surface area contributed by atoms with Gasteiger partial charge in [0, 0.05) is 31.5 Å². The van der Waals surface area contributed by atoms with Crippen molar-refractivity contribution in [3.8, 4) is 0 Å². The average Bonchev–Trinajstić information content (AvgIpc) is 2.40. The molecule has 0 saturated carbocycles. The van der Waals surface area contributed by atoms with E-state index in [-0.39, 0.29) is 12.1 Å². The summed E-state index contributed by atoms with van der Waals surface area (Å²) in [6.07, 6.45) is 5.06. The van der Waals surface area contributed by atoms with Crippen LogP contribution in [0.3, 0.4) is 0 Å². The van der Waals surface area contributed by atoms with Gasteiger partial charge >= 0.3 is 6.09 Å². The van der Waals surface area contributed by atoms with E-state index >= 15 is 0 Å². The SMILES string of the molecule is CC(C)(C)OC(=O)N1CCC[C@@H](Nc2ncc(Br)cn2)C1. The summed E-state index contributed by atoms with van der Waals surface area (Å²) in [5.41, 5.74) is -0.466. The number of carbonyl (C=O) groups is 1. The number of amides is 1. The molecule has 7 heteroatoms. The van der Waals surface area contributed by atoms with Gasteiger partial charge in [0.2, 0.25) is 5.95 Å². The average molecular weight is 357 g/mol. The minimum absolute atomic E-state index is 0.146. The Morgan fingerprint density at radius 2 is 2.10 bits per heavy atom. The van der Waals surface area contributed by atoms with Gasteiger partial charge in [0.1, 0.15) is 5.60 Å². The zero-order valence-corrected chi connectivity index (χ0v) is 14.2. The van der Waals surface area contributed by atoms with Crippen LogP contribution in [0.25, 0.3) is 0 Å². The smallest absolute Gasteiger partial charge is 0.410 e. The zero-order valence-electron chi connectivity index (χ0n) is 12.6. The van der Waals surface area contributed by atoms with Crippen molar-refractivity contribution in [2.45, 2.75) is 45.3 Å². The van der Waals surface area contributed by atoms with Gasteiger partial charge < -0.3 is 15.0 Å². The van der Waals surface area contributed by atoms with Crippen molar-refractivity contribution >= 4 is 28.0 Å². The summed E-state index contributed by atoms with van der Waals surface area (Å²) in [7, 11) is 0. The Bertz CT molecular complexity index is 487. The molecule has 21 heavy (non-hydrogen) atoms. The van der Waals surface area contributed by atoms with Gasteiger partial charge in [-0.25, -0.2) is 14.8 Å². The zero-order chi connectivity index (χ0) is 15.5. The first kappa shape index (κ1) is 16.0. The molecule has 2 heterocycles. The normalized spacial score (nSPS) is 19.2. The van der Waals surface area contributed by atoms with Gasteiger partial charge in [0.15, 0.2) is 0 Å². The van der Waals surface area contributed by atoms with E-state index in [1.807, 2.05) is 20.8 Å². The van der Waals surface area contributed by atoms with Crippen LogP contribution in [0.1, 0.15) is 33.6 Å². The highest BCUT2D eigenvalue weighted by Gasteiger charge is 2.27. The summed E-state index contributed by atoms with van der Waals surface area (Å²) >= 11 is 3.30. The van der Waals surface area contributed by atoms with E-state index in [4.69, 9.17) is 4.74 Å². The number of piperidine rings is 1. The van der Waals surface area contributed by atoms with Gasteiger partial charge in [-0.05, 0) is 49.5 Å². The summed E-state index contributed by atoms with van der Waals surface area (Å²) in [6.45, 7) is 6.96. The number of carbonyl (C=O) groups excluding carboxylic acids is 1. The van der Waals surface area contributed by atoms with E-state index in [0.29, 0.717) is 12.5 Å². The lowest BCUT2D eigenvalue weighted by Crippen LogP contribution is -2.47. The Labute approximate surface area is 133 Å². The highest BCUT2D eigenvalue weighted by atomic mass is 79.9. The van der Waals surface area contributed by atoms with Gasteiger partial charge in [0.25, 0.3) is 0 Å². The molecule has 1 N–H and O–H groups in total. The molecule has 2 rings (SSSR count). The van der Waals surface area contributed by atoms with E-state index in [2.05, 4.69) is 31.2 Å². The molecule has 1 fully saturated rings. The van der Waals surface area contributed by atoms with Crippen LogP contribution in [0.4, 0.5) is 10.7 Å². The van der Waals surface area contributed by atoms with E-state index in [1.165, 1.54) is 0 Å². The molecular weight excluding hydrogens is 336 g/mol. The molecule has 1 atom stereocenters. The molecule has 6 nitrogen and oxygen atoms in total. The lowest BCUT2D eigenvalue weighted by atomic mass is 10.1. The number of rotatable bonds is 2. The van der Waals surface area contributed by atoms with E-state index in [9.17, 15) is 4.79 Å². The van der Waals surface area contributed by atoms with Gasteiger partial charge in [-0.3, -0.25) is 0 Å². The van der Waals surface area contributed by atoms with Gasteiger partial charge in [-0.1, -0.05) is 0 Å². The fourth-order valence-corrected chi connectivity index (χ4v) is 2.36. The fourth-order valence-electron chi connectivity index (χ4n) is 2.16. The predicted octanol–water partition coefficient (Wildman–Crippen LogP) is 3.05. The van der Waals surface area contributed by atoms with Crippen LogP contribution in [0.5, 0.6) is 0 Å². The van der Waals surface area contributed by atoms with E-state index in [1.54, 1.807) is 17.3 Å². The van der Waals surface area contributed by atoms with Gasteiger partial charge in [-0.2, -0.15) is 0 Å². The third kappa shape index (κ3) is 5.15. The highest BCUT2D eigenvalue weighted by molar-refractivity contribution is 9.10. The minimum atomic E-state index is -0.466. The second kappa shape index (κ2) is 6.60. The predicted molar refractivity (Wildman–Crippen MR) is 84.2 cm³/mol. The minimum Gasteiger partial charge on any atom is -0.444 e. The number of nitrogens with zero attached hydrogens (tertiary/aromatic N) is 3. The van der Waals surface area contributed by atoms with Crippen LogP contribution in [-0.4, -0.2) is 45.7 Å². The first-order chi connectivity index (χ1) is 9.83. The molecule has 1 aromatic heterocycles. The summed E-state index contributed by atoms with van der Waals surface area (Å²) < 4.78 is 6.25. The number of aromatic nitrogens is 2. The Morgan fingerprint density at radius 3 is 2.71 bits per heavy atom. The van der Waals surface area contributed by atoms with Gasteiger partial charge in [0.05, 0.1) is 4.47 Å². The van der Waals surface area contributed by atoms with Crippen LogP contribution in [-0.2, 0) is 4.74 Å². The number of likely N-dealkylation sites (tertiary alicyclic amines) is 1. The van der Waals surface area contributed by atoms with Crippen molar-refractivity contribution in [3.63, 3.8) is 0 Å². The van der Waals surface area contributed by atoms with Crippen molar-refractivity contribution < 1.29 is 9.53 Å². The standard InChI is InChI=1S/C14H21BrN4O2/c1-14(2,3)21-13(20)19-6-4-5-11(9-19)18-12-16-7-10(15)8-17-12/h7-8,11H,4-6,9H2,1-3H3,(H,16,17,18)/t11-/m1/s1. The topological polar surface area (TPSA) is 67.3 Å². The monoisotopic (exact) mass is 356 g/mol. The van der Waals surface area contributed by atoms with Crippen molar-refractivity contribution in [2.24, 2.45) is 0 Å². The first-order valence-corrected chi connectivity index (χ1v) is 7.85. The molecule has 1 saturated heterocycles. The molecule has 0 aliphatic carbocycles. The van der Waals surface area contributed by atoms with Crippen molar-refractivity contribution in [3.05, 3.63) is 16.9 Å². The van der Waals surface area contributed by atoms with E-state index in [0.717, 1.165) is 23.9 Å². The van der Waals surface area contributed by atoms with Crippen LogP contribution >= 0.6 is 15.9 Å². The maximum atomic E-state index is 12.1. The van der Waals surface area contributed by atoms with Crippen LogP contribution in [0, 0.1) is 0 Å². The highest BCUT2D eigenvalue weighted by Crippen LogP contribution is 2.17. The Hall–Kier alpha value is -1.37. The molecule has 1 aliphatic rings. The second-order valence-corrected chi connectivity index (χ2v) is 7.05. The Morgan fingerprint density at radius 1 is 1.43 bits per heavy atom. The summed E-state index contributed by atoms with van der Waals surface area (Å²) in [5, 5.41) is 3.26.